The zero-order chi connectivity index (χ0) is 24.0. The monoisotopic (exact) mass is 451 g/mol. The molecule has 0 saturated carbocycles. The average Bonchev–Trinajstić information content (AvgIpc) is 3.06. The van der Waals surface area contributed by atoms with Crippen LogP contribution < -0.4 is 9.47 Å². The average molecular weight is 452 g/mol. The van der Waals surface area contributed by atoms with Crippen LogP contribution in [0.25, 0.3) is 5.76 Å². The van der Waals surface area contributed by atoms with Gasteiger partial charge in [0.2, 0.25) is 0 Å². The summed E-state index contributed by atoms with van der Waals surface area (Å²) in [5, 5.41) is 11.1. The summed E-state index contributed by atoms with van der Waals surface area (Å²) < 4.78 is 11.3. The van der Waals surface area contributed by atoms with Gasteiger partial charge in [-0.2, -0.15) is 0 Å². The molecule has 6 nitrogen and oxygen atoms in total. The standard InChI is InChI=1S/C27H33NO5/c1-5-7-16-28-24(19-8-12-21(13-9-19)32-17-6-2)23(26(30)27(28)31)25(29)20-10-14-22(15-11-20)33-18(3)4/h8-15,18,24,29H,5-7,16-17H2,1-4H3/b25-23-. The van der Waals surface area contributed by atoms with Crippen molar-refractivity contribution in [2.45, 2.75) is 59.1 Å². The highest BCUT2D eigenvalue weighted by atomic mass is 16.5. The lowest BCUT2D eigenvalue weighted by Gasteiger charge is -2.25. The third-order valence-electron chi connectivity index (χ3n) is 5.46. The molecular formula is C27H33NO5. The molecule has 0 spiro atoms. The first kappa shape index (κ1) is 24.4. The van der Waals surface area contributed by atoms with Gasteiger partial charge in [-0.05, 0) is 68.7 Å². The Morgan fingerprint density at radius 3 is 2.18 bits per heavy atom. The number of benzene rings is 2. The number of unbranched alkanes of at least 4 members (excludes halogenated alkanes) is 1. The minimum atomic E-state index is -0.664. The molecule has 1 saturated heterocycles. The molecule has 6 heteroatoms. The van der Waals surface area contributed by atoms with E-state index >= 15 is 0 Å². The van der Waals surface area contributed by atoms with E-state index in [1.807, 2.05) is 52.0 Å². The number of aliphatic hydroxyl groups is 1. The molecule has 1 atom stereocenters. The number of carbonyl (C=O) groups is 2. The lowest BCUT2D eigenvalue weighted by Crippen LogP contribution is -2.30. The molecule has 0 aromatic heterocycles. The van der Waals surface area contributed by atoms with Crippen LogP contribution in [0.4, 0.5) is 0 Å². The van der Waals surface area contributed by atoms with Gasteiger partial charge >= 0.3 is 0 Å². The fourth-order valence-corrected chi connectivity index (χ4v) is 3.87. The van der Waals surface area contributed by atoms with Crippen molar-refractivity contribution in [1.29, 1.82) is 0 Å². The van der Waals surface area contributed by atoms with Crippen LogP contribution in [0.1, 0.15) is 64.1 Å². The van der Waals surface area contributed by atoms with Gasteiger partial charge in [-0.3, -0.25) is 9.59 Å². The third-order valence-corrected chi connectivity index (χ3v) is 5.46. The van der Waals surface area contributed by atoms with Crippen molar-refractivity contribution in [3.05, 3.63) is 65.2 Å². The quantitative estimate of drug-likeness (QED) is 0.294. The lowest BCUT2D eigenvalue weighted by atomic mass is 9.95. The van der Waals surface area contributed by atoms with E-state index in [1.165, 1.54) is 0 Å². The Balaban J connectivity index is 2.02. The van der Waals surface area contributed by atoms with Crippen LogP contribution in [-0.2, 0) is 9.59 Å². The van der Waals surface area contributed by atoms with E-state index in [-0.39, 0.29) is 17.4 Å². The molecule has 1 aliphatic rings. The van der Waals surface area contributed by atoms with Gasteiger partial charge in [-0.1, -0.05) is 32.4 Å². The normalized spacial score (nSPS) is 17.6. The molecule has 2 aromatic rings. The summed E-state index contributed by atoms with van der Waals surface area (Å²) in [7, 11) is 0. The van der Waals surface area contributed by atoms with Gasteiger partial charge in [-0.15, -0.1) is 0 Å². The molecule has 1 N–H and O–H groups in total. The van der Waals surface area contributed by atoms with Crippen LogP contribution in [0.2, 0.25) is 0 Å². The van der Waals surface area contributed by atoms with Gasteiger partial charge in [0.15, 0.2) is 0 Å². The number of hydrogen-bond acceptors (Lipinski definition) is 5. The van der Waals surface area contributed by atoms with Gasteiger partial charge in [0.05, 0.1) is 24.3 Å². The summed E-state index contributed by atoms with van der Waals surface area (Å²) in [6.45, 7) is 9.00. The van der Waals surface area contributed by atoms with Crippen LogP contribution in [-0.4, -0.2) is 41.0 Å². The maximum absolute atomic E-state index is 13.0. The summed E-state index contributed by atoms with van der Waals surface area (Å²) >= 11 is 0. The van der Waals surface area contributed by atoms with Gasteiger partial charge < -0.3 is 19.5 Å². The number of hydrogen-bond donors (Lipinski definition) is 1. The van der Waals surface area contributed by atoms with E-state index in [0.29, 0.717) is 24.5 Å². The maximum atomic E-state index is 13.0. The van der Waals surface area contributed by atoms with E-state index in [9.17, 15) is 14.7 Å². The Hall–Kier alpha value is -3.28. The van der Waals surface area contributed by atoms with Crippen LogP contribution in [0.3, 0.4) is 0 Å². The predicted molar refractivity (Wildman–Crippen MR) is 128 cm³/mol. The minimum Gasteiger partial charge on any atom is -0.507 e. The van der Waals surface area contributed by atoms with Crippen molar-refractivity contribution in [1.82, 2.24) is 4.90 Å². The number of carbonyl (C=O) groups excluding carboxylic acids is 2. The Kier molecular flexibility index (Phi) is 8.15. The number of ketones is 1. The molecule has 0 radical (unpaired) electrons. The Labute approximate surface area is 195 Å². The number of rotatable bonds is 10. The minimum absolute atomic E-state index is 0.0256. The van der Waals surface area contributed by atoms with Crippen LogP contribution in [0.15, 0.2) is 54.1 Å². The second kappa shape index (κ2) is 11.0. The SMILES string of the molecule is CCCCN1C(=O)C(=O)/C(=C(\O)c2ccc(OC(C)C)cc2)C1c1ccc(OCCC)cc1. The molecule has 176 valence electrons. The van der Waals surface area contributed by atoms with E-state index < -0.39 is 17.7 Å². The molecular weight excluding hydrogens is 418 g/mol. The predicted octanol–water partition coefficient (Wildman–Crippen LogP) is 5.48. The maximum Gasteiger partial charge on any atom is 0.295 e. The summed E-state index contributed by atoms with van der Waals surface area (Å²) in [5.41, 5.74) is 1.33. The number of ether oxygens (including phenoxy) is 2. The summed E-state index contributed by atoms with van der Waals surface area (Å²) in [6, 6.07) is 13.6. The molecule has 1 fully saturated rings. The molecule has 33 heavy (non-hydrogen) atoms. The van der Waals surface area contributed by atoms with E-state index in [0.717, 1.165) is 30.6 Å². The Morgan fingerprint density at radius 2 is 1.61 bits per heavy atom. The van der Waals surface area contributed by atoms with E-state index in [4.69, 9.17) is 9.47 Å². The largest absolute Gasteiger partial charge is 0.507 e. The van der Waals surface area contributed by atoms with Gasteiger partial charge in [-0.25, -0.2) is 0 Å². The van der Waals surface area contributed by atoms with Crippen molar-refractivity contribution in [2.24, 2.45) is 0 Å². The van der Waals surface area contributed by atoms with Crippen LogP contribution in [0.5, 0.6) is 11.5 Å². The van der Waals surface area contributed by atoms with Crippen molar-refractivity contribution < 1.29 is 24.2 Å². The molecule has 1 aliphatic heterocycles. The number of amides is 1. The van der Waals surface area contributed by atoms with Crippen molar-refractivity contribution in [3.8, 4) is 11.5 Å². The van der Waals surface area contributed by atoms with E-state index in [1.54, 1.807) is 29.2 Å². The molecule has 1 heterocycles. The highest BCUT2D eigenvalue weighted by Crippen LogP contribution is 2.40. The zero-order valence-electron chi connectivity index (χ0n) is 19.8. The highest BCUT2D eigenvalue weighted by Gasteiger charge is 2.45. The van der Waals surface area contributed by atoms with Crippen molar-refractivity contribution in [2.75, 3.05) is 13.2 Å². The molecule has 0 aliphatic carbocycles. The van der Waals surface area contributed by atoms with Crippen LogP contribution in [0, 0.1) is 0 Å². The van der Waals surface area contributed by atoms with Gasteiger partial charge in [0.25, 0.3) is 11.7 Å². The first-order valence-electron chi connectivity index (χ1n) is 11.7. The Bertz CT molecular complexity index is 992. The number of Topliss-reactive ketones (excluding diaryl/α,β-unsaturated/α-hetero) is 1. The van der Waals surface area contributed by atoms with Crippen LogP contribution >= 0.6 is 0 Å². The lowest BCUT2D eigenvalue weighted by molar-refractivity contribution is -0.139. The summed E-state index contributed by atoms with van der Waals surface area (Å²) in [6.07, 6.45) is 2.58. The summed E-state index contributed by atoms with van der Waals surface area (Å²) in [4.78, 5) is 27.5. The second-order valence-corrected chi connectivity index (χ2v) is 8.45. The molecule has 3 rings (SSSR count). The fraction of sp³-hybridized carbons (Fsp3) is 0.407. The second-order valence-electron chi connectivity index (χ2n) is 8.45. The summed E-state index contributed by atoms with van der Waals surface area (Å²) in [5.74, 6) is -0.0285. The molecule has 2 aromatic carbocycles. The van der Waals surface area contributed by atoms with Gasteiger partial charge in [0.1, 0.15) is 17.3 Å². The van der Waals surface area contributed by atoms with Crippen molar-refractivity contribution in [3.63, 3.8) is 0 Å². The fourth-order valence-electron chi connectivity index (χ4n) is 3.87. The number of nitrogens with zero attached hydrogens (tertiary/aromatic N) is 1. The molecule has 1 amide bonds. The van der Waals surface area contributed by atoms with E-state index in [2.05, 4.69) is 0 Å². The molecule has 1 unspecified atom stereocenters. The first-order valence-corrected chi connectivity index (χ1v) is 11.7. The highest BCUT2D eigenvalue weighted by molar-refractivity contribution is 6.46. The first-order chi connectivity index (χ1) is 15.9. The zero-order valence-corrected chi connectivity index (χ0v) is 19.8. The number of likely N-dealkylation sites (tertiary alicyclic amines) is 1. The molecule has 0 bridgehead atoms. The third kappa shape index (κ3) is 5.56. The Morgan fingerprint density at radius 1 is 0.970 bits per heavy atom. The van der Waals surface area contributed by atoms with Gasteiger partial charge in [0, 0.05) is 12.1 Å². The number of aliphatic hydroxyl groups excluding tert-OH is 1. The topological polar surface area (TPSA) is 76.1 Å². The smallest absolute Gasteiger partial charge is 0.295 e. The van der Waals surface area contributed by atoms with Crippen molar-refractivity contribution >= 4 is 17.4 Å².